The normalized spacial score (nSPS) is 11.9. The number of rotatable bonds is 6. The minimum atomic E-state index is -4.73. The number of anilines is 1. The number of carbonyl (C=O) groups is 1. The summed E-state index contributed by atoms with van der Waals surface area (Å²) in [7, 11) is 0. The lowest BCUT2D eigenvalue weighted by molar-refractivity contribution is -0.142. The molecule has 2 aromatic carbocycles. The van der Waals surface area contributed by atoms with Crippen LogP contribution in [0, 0.1) is 0 Å². The van der Waals surface area contributed by atoms with Crippen molar-refractivity contribution >= 4 is 44.9 Å². The summed E-state index contributed by atoms with van der Waals surface area (Å²) >= 11 is 9.57. The minimum Gasteiger partial charge on any atom is -0.303 e. The lowest BCUT2D eigenvalue weighted by atomic mass is 10.0. The number of carbonyl (C=O) groups excluding carboxylic acids is 1. The highest BCUT2D eigenvalue weighted by atomic mass is 79.9. The molecule has 0 aliphatic heterocycles. The van der Waals surface area contributed by atoms with Gasteiger partial charge in [0.05, 0.1) is 16.7 Å². The summed E-state index contributed by atoms with van der Waals surface area (Å²) in [6.07, 6.45) is -3.07. The van der Waals surface area contributed by atoms with Crippen molar-refractivity contribution in [1.82, 2.24) is 24.4 Å². The van der Waals surface area contributed by atoms with E-state index in [2.05, 4.69) is 36.4 Å². The quantitative estimate of drug-likeness (QED) is 0.215. The van der Waals surface area contributed by atoms with E-state index in [1.165, 1.54) is 6.07 Å². The first-order chi connectivity index (χ1) is 18.5. The number of nitrogens with one attached hydrogen (secondary N) is 1. The van der Waals surface area contributed by atoms with Crippen molar-refractivity contribution in [2.24, 2.45) is 0 Å². The Morgan fingerprint density at radius 3 is 2.46 bits per heavy atom. The predicted molar refractivity (Wildman–Crippen MR) is 146 cm³/mol. The molecule has 0 spiro atoms. The van der Waals surface area contributed by atoms with Gasteiger partial charge in [-0.1, -0.05) is 67.9 Å². The van der Waals surface area contributed by atoms with Crippen LogP contribution in [0.15, 0.2) is 71.3 Å². The van der Waals surface area contributed by atoms with Gasteiger partial charge in [-0.3, -0.25) is 9.48 Å². The van der Waals surface area contributed by atoms with E-state index < -0.39 is 17.8 Å². The van der Waals surface area contributed by atoms with Crippen LogP contribution in [0.4, 0.5) is 19.0 Å². The van der Waals surface area contributed by atoms with Crippen molar-refractivity contribution in [2.75, 3.05) is 5.32 Å². The number of nitrogens with zero attached hydrogens (tertiary/aromatic N) is 5. The third-order valence-electron chi connectivity index (χ3n) is 6.06. The topological polar surface area (TPSA) is 77.1 Å². The van der Waals surface area contributed by atoms with Crippen LogP contribution in [0.25, 0.3) is 16.9 Å². The minimum absolute atomic E-state index is 0.110. The number of fused-ring (bicyclic) bond motifs is 1. The van der Waals surface area contributed by atoms with E-state index in [9.17, 15) is 18.0 Å². The summed E-state index contributed by atoms with van der Waals surface area (Å²) in [4.78, 5) is 17.3. The Kier molecular flexibility index (Phi) is 7.21. The van der Waals surface area contributed by atoms with Gasteiger partial charge in [0.25, 0.3) is 5.91 Å². The first-order valence-corrected chi connectivity index (χ1v) is 13.0. The van der Waals surface area contributed by atoms with Gasteiger partial charge in [-0.25, -0.2) is 9.50 Å². The molecule has 5 aromatic rings. The average molecular weight is 618 g/mol. The zero-order valence-electron chi connectivity index (χ0n) is 20.7. The molecule has 1 amide bonds. The maximum absolute atomic E-state index is 14.0. The Morgan fingerprint density at radius 2 is 1.79 bits per heavy atom. The van der Waals surface area contributed by atoms with Crippen molar-refractivity contribution in [1.29, 1.82) is 0 Å². The third-order valence-corrected chi connectivity index (χ3v) is 7.01. The molecule has 0 saturated carbocycles. The second-order valence-corrected chi connectivity index (χ2v) is 10.4. The molecule has 0 bridgehead atoms. The Morgan fingerprint density at radius 1 is 1.08 bits per heavy atom. The molecule has 0 fully saturated rings. The molecule has 3 heterocycles. The van der Waals surface area contributed by atoms with Crippen LogP contribution in [0.3, 0.4) is 0 Å². The molecule has 1 N–H and O–H groups in total. The van der Waals surface area contributed by atoms with Gasteiger partial charge in [-0.2, -0.15) is 23.4 Å². The van der Waals surface area contributed by atoms with Crippen LogP contribution in [0.1, 0.15) is 47.1 Å². The van der Waals surface area contributed by atoms with E-state index in [0.29, 0.717) is 26.1 Å². The first kappa shape index (κ1) is 26.9. The molecule has 0 saturated heterocycles. The summed E-state index contributed by atoms with van der Waals surface area (Å²) in [6.45, 7) is 4.41. The van der Waals surface area contributed by atoms with Gasteiger partial charge in [0.15, 0.2) is 22.9 Å². The molecule has 0 atom stereocenters. The molecule has 12 heteroatoms. The summed E-state index contributed by atoms with van der Waals surface area (Å²) in [5.41, 5.74) is 1.13. The standard InChI is InChI=1S/C27H21BrClF3N6O/c1-15(2)16-7-9-17(10-8-16)21-11-23(27(30,31)32)38-24(33-21)12-22(35-38)26(39)34-25-19(28)14-37(36-25)13-18-5-3-4-6-20(18)29/h3-12,14-15H,13H2,1-2H3,(H,34,36,39). The summed E-state index contributed by atoms with van der Waals surface area (Å²) < 4.78 is 44.6. The molecule has 5 rings (SSSR count). The van der Waals surface area contributed by atoms with Crippen LogP contribution in [-0.4, -0.2) is 30.3 Å². The molecule has 3 aromatic heterocycles. The van der Waals surface area contributed by atoms with Gasteiger partial charge in [0.1, 0.15) is 0 Å². The molecule has 7 nitrogen and oxygen atoms in total. The maximum atomic E-state index is 14.0. The van der Waals surface area contributed by atoms with E-state index >= 15 is 0 Å². The average Bonchev–Trinajstić information content (AvgIpc) is 3.47. The zero-order chi connectivity index (χ0) is 27.9. The van der Waals surface area contributed by atoms with Crippen LogP contribution >= 0.6 is 27.5 Å². The molecule has 0 radical (unpaired) electrons. The molecule has 0 aliphatic rings. The Bertz CT molecular complexity index is 1680. The van der Waals surface area contributed by atoms with Crippen molar-refractivity contribution < 1.29 is 18.0 Å². The summed E-state index contributed by atoms with van der Waals surface area (Å²) in [6, 6.07) is 16.6. The second-order valence-electron chi connectivity index (χ2n) is 9.17. The molecule has 39 heavy (non-hydrogen) atoms. The van der Waals surface area contributed by atoms with Gasteiger partial charge < -0.3 is 5.32 Å². The monoisotopic (exact) mass is 616 g/mol. The Hall–Kier alpha value is -3.70. The Balaban J connectivity index is 1.45. The fraction of sp³-hybridized carbons (Fsp3) is 0.185. The van der Waals surface area contributed by atoms with Crippen LogP contribution in [0.2, 0.25) is 5.02 Å². The number of hydrogen-bond donors (Lipinski definition) is 1. The van der Waals surface area contributed by atoms with Crippen LogP contribution < -0.4 is 5.32 Å². The molecular formula is C27H21BrClF3N6O. The number of amides is 1. The van der Waals surface area contributed by atoms with Crippen LogP contribution in [0.5, 0.6) is 0 Å². The second kappa shape index (κ2) is 10.5. The van der Waals surface area contributed by atoms with Crippen LogP contribution in [-0.2, 0) is 12.7 Å². The smallest absolute Gasteiger partial charge is 0.303 e. The highest BCUT2D eigenvalue weighted by Crippen LogP contribution is 2.33. The fourth-order valence-corrected chi connectivity index (χ4v) is 4.62. The van der Waals surface area contributed by atoms with E-state index in [0.717, 1.165) is 17.2 Å². The first-order valence-electron chi connectivity index (χ1n) is 11.9. The van der Waals surface area contributed by atoms with E-state index in [4.69, 9.17) is 11.6 Å². The molecule has 0 unspecified atom stereocenters. The van der Waals surface area contributed by atoms with Gasteiger partial charge >= 0.3 is 6.18 Å². The number of benzene rings is 2. The third kappa shape index (κ3) is 5.69. The van der Waals surface area contributed by atoms with Gasteiger partial charge in [0.2, 0.25) is 0 Å². The van der Waals surface area contributed by atoms with E-state index in [1.54, 1.807) is 29.1 Å². The zero-order valence-corrected chi connectivity index (χ0v) is 23.0. The number of aromatic nitrogens is 5. The number of halogens is 5. The summed E-state index contributed by atoms with van der Waals surface area (Å²) in [5, 5.41) is 11.4. The molecule has 0 aliphatic carbocycles. The fourth-order valence-electron chi connectivity index (χ4n) is 4.01. The highest BCUT2D eigenvalue weighted by Gasteiger charge is 2.35. The van der Waals surface area contributed by atoms with Gasteiger partial charge in [-0.05, 0) is 45.1 Å². The van der Waals surface area contributed by atoms with Crippen molar-refractivity contribution in [2.45, 2.75) is 32.5 Å². The lowest BCUT2D eigenvalue weighted by Crippen LogP contribution is -2.16. The largest absolute Gasteiger partial charge is 0.433 e. The predicted octanol–water partition coefficient (Wildman–Crippen LogP) is 7.45. The number of alkyl halides is 3. The van der Waals surface area contributed by atoms with Crippen molar-refractivity contribution in [3.05, 3.63) is 98.9 Å². The van der Waals surface area contributed by atoms with Gasteiger partial charge in [0, 0.05) is 22.8 Å². The Labute approximate surface area is 234 Å². The van der Waals surface area contributed by atoms with Crippen molar-refractivity contribution in [3.8, 4) is 11.3 Å². The molecular weight excluding hydrogens is 597 g/mol. The molecule has 200 valence electrons. The van der Waals surface area contributed by atoms with E-state index in [1.807, 2.05) is 44.2 Å². The van der Waals surface area contributed by atoms with E-state index in [-0.39, 0.29) is 28.8 Å². The number of hydrogen-bond acceptors (Lipinski definition) is 4. The SMILES string of the molecule is CC(C)c1ccc(-c2cc(C(F)(F)F)n3nc(C(=O)Nc4nn(Cc5ccccc5Cl)cc4Br)cc3n2)cc1. The van der Waals surface area contributed by atoms with Crippen molar-refractivity contribution in [3.63, 3.8) is 0 Å². The highest BCUT2D eigenvalue weighted by molar-refractivity contribution is 9.10. The van der Waals surface area contributed by atoms with Gasteiger partial charge in [-0.15, -0.1) is 0 Å². The maximum Gasteiger partial charge on any atom is 0.433 e. The lowest BCUT2D eigenvalue weighted by Gasteiger charge is -2.11. The summed E-state index contributed by atoms with van der Waals surface area (Å²) in [5.74, 6) is -0.280.